The number of methoxy groups -OCH3 is 1. The van der Waals surface area contributed by atoms with E-state index >= 15 is 0 Å². The van der Waals surface area contributed by atoms with Crippen LogP contribution in [0.2, 0.25) is 0 Å². The number of ether oxygens (including phenoxy) is 1. The lowest BCUT2D eigenvalue weighted by Crippen LogP contribution is -2.38. The molecule has 1 unspecified atom stereocenters. The van der Waals surface area contributed by atoms with E-state index in [9.17, 15) is 0 Å². The second kappa shape index (κ2) is 6.61. The van der Waals surface area contributed by atoms with Gasteiger partial charge in [0, 0.05) is 19.6 Å². The fourth-order valence-electron chi connectivity index (χ4n) is 1.87. The first-order chi connectivity index (χ1) is 8.49. The summed E-state index contributed by atoms with van der Waals surface area (Å²) in [5, 5.41) is 9.02. The molecule has 0 amide bonds. The maximum atomic E-state index is 9.02. The van der Waals surface area contributed by atoms with Crippen LogP contribution >= 0.6 is 0 Å². The molecule has 0 spiro atoms. The van der Waals surface area contributed by atoms with Gasteiger partial charge in [-0.1, -0.05) is 19.9 Å². The Hall–Kier alpha value is -1.26. The molecule has 18 heavy (non-hydrogen) atoms. The second-order valence-electron chi connectivity index (χ2n) is 4.91. The van der Waals surface area contributed by atoms with Gasteiger partial charge in [-0.2, -0.15) is 0 Å². The van der Waals surface area contributed by atoms with Crippen LogP contribution in [-0.4, -0.2) is 38.5 Å². The van der Waals surface area contributed by atoms with E-state index in [1.807, 2.05) is 18.0 Å². The number of nitrogens with two attached hydrogens (primary N) is 1. The van der Waals surface area contributed by atoms with Crippen LogP contribution in [0.4, 0.5) is 5.69 Å². The number of hydrogen-bond donors (Lipinski definition) is 2. The predicted octanol–water partition coefficient (Wildman–Crippen LogP) is 1.57. The molecule has 0 heterocycles. The van der Waals surface area contributed by atoms with E-state index < -0.39 is 0 Å². The number of aliphatic hydroxyl groups is 1. The van der Waals surface area contributed by atoms with Crippen molar-refractivity contribution < 1.29 is 9.84 Å². The van der Waals surface area contributed by atoms with Crippen molar-refractivity contribution in [3.05, 3.63) is 23.8 Å². The smallest absolute Gasteiger partial charge is 0.142 e. The van der Waals surface area contributed by atoms with Gasteiger partial charge in [-0.3, -0.25) is 0 Å². The van der Waals surface area contributed by atoms with Gasteiger partial charge in [0.05, 0.1) is 19.4 Å². The number of nitrogens with zero attached hydrogens (tertiary/aromatic N) is 1. The Morgan fingerprint density at radius 1 is 1.39 bits per heavy atom. The fraction of sp³-hybridized carbons (Fsp3) is 0.571. The highest BCUT2D eigenvalue weighted by molar-refractivity contribution is 5.60. The van der Waals surface area contributed by atoms with Gasteiger partial charge < -0.3 is 20.5 Å². The van der Waals surface area contributed by atoms with Crippen LogP contribution in [-0.2, 0) is 0 Å². The molecule has 1 aromatic carbocycles. The van der Waals surface area contributed by atoms with Crippen LogP contribution in [0.15, 0.2) is 18.2 Å². The van der Waals surface area contributed by atoms with E-state index in [0.29, 0.717) is 12.5 Å². The average Bonchev–Trinajstić information content (AvgIpc) is 2.37. The Labute approximate surface area is 109 Å². The van der Waals surface area contributed by atoms with Gasteiger partial charge >= 0.3 is 0 Å². The lowest BCUT2D eigenvalue weighted by Gasteiger charge is -2.25. The molecule has 102 valence electrons. The van der Waals surface area contributed by atoms with Crippen molar-refractivity contribution in [1.29, 1.82) is 0 Å². The minimum absolute atomic E-state index is 0.0173. The number of anilines is 1. The van der Waals surface area contributed by atoms with Crippen LogP contribution in [0, 0.1) is 0 Å². The summed E-state index contributed by atoms with van der Waals surface area (Å²) in [5.41, 5.74) is 8.03. The molecule has 0 aliphatic heterocycles. The number of rotatable bonds is 6. The first-order valence-corrected chi connectivity index (χ1v) is 6.25. The van der Waals surface area contributed by atoms with Gasteiger partial charge in [0.25, 0.3) is 0 Å². The SMILES string of the molecule is COc1ccc(C(C)C)cc1N(C)CC(N)CO. The summed E-state index contributed by atoms with van der Waals surface area (Å²) in [5.74, 6) is 1.29. The van der Waals surface area contributed by atoms with E-state index in [0.717, 1.165) is 11.4 Å². The zero-order chi connectivity index (χ0) is 13.7. The molecule has 0 bridgehead atoms. The molecule has 0 fully saturated rings. The summed E-state index contributed by atoms with van der Waals surface area (Å²) in [4.78, 5) is 2.02. The minimum atomic E-state index is -0.248. The second-order valence-corrected chi connectivity index (χ2v) is 4.91. The molecule has 1 rings (SSSR count). The first-order valence-electron chi connectivity index (χ1n) is 6.25. The molecule has 3 N–H and O–H groups in total. The summed E-state index contributed by atoms with van der Waals surface area (Å²) in [6, 6.07) is 5.92. The monoisotopic (exact) mass is 252 g/mol. The number of aliphatic hydroxyl groups excluding tert-OH is 1. The molecule has 1 aromatic rings. The van der Waals surface area contributed by atoms with Crippen molar-refractivity contribution >= 4 is 5.69 Å². The van der Waals surface area contributed by atoms with Crippen molar-refractivity contribution in [3.63, 3.8) is 0 Å². The maximum Gasteiger partial charge on any atom is 0.142 e. The minimum Gasteiger partial charge on any atom is -0.495 e. The molecule has 0 saturated heterocycles. The van der Waals surface area contributed by atoms with E-state index in [-0.39, 0.29) is 12.6 Å². The quantitative estimate of drug-likeness (QED) is 0.807. The highest BCUT2D eigenvalue weighted by atomic mass is 16.5. The molecule has 0 aliphatic rings. The van der Waals surface area contributed by atoms with Crippen LogP contribution < -0.4 is 15.4 Å². The normalized spacial score (nSPS) is 12.6. The predicted molar refractivity (Wildman–Crippen MR) is 75.4 cm³/mol. The van der Waals surface area contributed by atoms with Crippen molar-refractivity contribution in [3.8, 4) is 5.75 Å². The van der Waals surface area contributed by atoms with Crippen molar-refractivity contribution in [2.45, 2.75) is 25.8 Å². The topological polar surface area (TPSA) is 58.7 Å². The van der Waals surface area contributed by atoms with Gasteiger partial charge in [-0.25, -0.2) is 0 Å². The van der Waals surface area contributed by atoms with E-state index in [2.05, 4.69) is 26.0 Å². The van der Waals surface area contributed by atoms with Crippen LogP contribution in [0.25, 0.3) is 0 Å². The molecule has 4 nitrogen and oxygen atoms in total. The fourth-order valence-corrected chi connectivity index (χ4v) is 1.87. The molecule has 0 radical (unpaired) electrons. The molecule has 4 heteroatoms. The highest BCUT2D eigenvalue weighted by Gasteiger charge is 2.13. The highest BCUT2D eigenvalue weighted by Crippen LogP contribution is 2.31. The van der Waals surface area contributed by atoms with Gasteiger partial charge in [0.1, 0.15) is 5.75 Å². The van der Waals surface area contributed by atoms with Gasteiger partial charge in [-0.15, -0.1) is 0 Å². The zero-order valence-electron chi connectivity index (χ0n) is 11.7. The molecule has 0 saturated carbocycles. The van der Waals surface area contributed by atoms with Crippen LogP contribution in [0.3, 0.4) is 0 Å². The number of hydrogen-bond acceptors (Lipinski definition) is 4. The van der Waals surface area contributed by atoms with Crippen molar-refractivity contribution in [2.24, 2.45) is 5.73 Å². The Balaban J connectivity index is 2.99. The lowest BCUT2D eigenvalue weighted by atomic mass is 10.0. The third-order valence-corrected chi connectivity index (χ3v) is 3.02. The molecular formula is C14H24N2O2. The van der Waals surface area contributed by atoms with E-state index in [4.69, 9.17) is 15.6 Å². The molecule has 0 aliphatic carbocycles. The largest absolute Gasteiger partial charge is 0.495 e. The average molecular weight is 252 g/mol. The molecular weight excluding hydrogens is 228 g/mol. The standard InChI is InChI=1S/C14H24N2O2/c1-10(2)11-5-6-14(18-4)13(7-11)16(3)8-12(15)9-17/h5-7,10,12,17H,8-9,15H2,1-4H3. The summed E-state index contributed by atoms with van der Waals surface area (Å²) in [7, 11) is 3.62. The van der Waals surface area contributed by atoms with Crippen LogP contribution in [0.1, 0.15) is 25.3 Å². The van der Waals surface area contributed by atoms with Crippen LogP contribution in [0.5, 0.6) is 5.75 Å². The maximum absolute atomic E-state index is 9.02. The lowest BCUT2D eigenvalue weighted by molar-refractivity contribution is 0.267. The van der Waals surface area contributed by atoms with Crippen molar-refractivity contribution in [2.75, 3.05) is 32.2 Å². The summed E-state index contributed by atoms with van der Waals surface area (Å²) < 4.78 is 5.37. The third-order valence-electron chi connectivity index (χ3n) is 3.02. The molecule has 0 aromatic heterocycles. The number of benzene rings is 1. The summed E-state index contributed by atoms with van der Waals surface area (Å²) >= 11 is 0. The summed E-state index contributed by atoms with van der Waals surface area (Å²) in [6.07, 6.45) is 0. The summed E-state index contributed by atoms with van der Waals surface area (Å²) in [6.45, 7) is 4.89. The molecule has 1 atom stereocenters. The van der Waals surface area contributed by atoms with E-state index in [1.165, 1.54) is 5.56 Å². The van der Waals surface area contributed by atoms with E-state index in [1.54, 1.807) is 7.11 Å². The Morgan fingerprint density at radius 2 is 2.06 bits per heavy atom. The Morgan fingerprint density at radius 3 is 2.56 bits per heavy atom. The first kappa shape index (κ1) is 14.8. The Bertz CT molecular complexity index is 380. The van der Waals surface area contributed by atoms with Gasteiger partial charge in [0.15, 0.2) is 0 Å². The zero-order valence-corrected chi connectivity index (χ0v) is 11.7. The Kier molecular flexibility index (Phi) is 5.44. The third kappa shape index (κ3) is 3.62. The van der Waals surface area contributed by atoms with Gasteiger partial charge in [0.2, 0.25) is 0 Å². The van der Waals surface area contributed by atoms with Crippen molar-refractivity contribution in [1.82, 2.24) is 0 Å². The van der Waals surface area contributed by atoms with Gasteiger partial charge in [-0.05, 0) is 23.6 Å². The number of likely N-dealkylation sites (N-methyl/N-ethyl adjacent to an activating group) is 1.